The van der Waals surface area contributed by atoms with E-state index in [0.717, 1.165) is 188 Å². The summed E-state index contributed by atoms with van der Waals surface area (Å²) in [4.78, 5) is 89.7. The van der Waals surface area contributed by atoms with E-state index >= 15 is 0 Å². The van der Waals surface area contributed by atoms with E-state index in [9.17, 15) is 40.7 Å². The quantitative estimate of drug-likeness (QED) is 0.0812. The van der Waals surface area contributed by atoms with Gasteiger partial charge < -0.3 is 59.6 Å². The molecule has 0 aliphatic carbocycles. The highest BCUT2D eigenvalue weighted by Crippen LogP contribution is 2.36. The highest BCUT2D eigenvalue weighted by molar-refractivity contribution is 7.59. The molecule has 12 heterocycles. The molecule has 0 saturated carbocycles. The van der Waals surface area contributed by atoms with Crippen LogP contribution in [0.4, 0.5) is 60.9 Å². The number of carbonyl (C=O) groups excluding carboxylic acids is 3. The van der Waals surface area contributed by atoms with Gasteiger partial charge in [-0.3, -0.25) is 44.0 Å². The number of rotatable bonds is 15. The third-order valence-corrected chi connectivity index (χ3v) is 23.7. The van der Waals surface area contributed by atoms with Crippen LogP contribution in [0.25, 0.3) is 33.1 Å². The van der Waals surface area contributed by atoms with E-state index in [4.69, 9.17) is 44.1 Å². The number of piperazine rings is 3. The average Bonchev–Trinajstić information content (AvgIpc) is 1.43. The molecule has 9 saturated heterocycles. The van der Waals surface area contributed by atoms with Gasteiger partial charge in [0.05, 0.1) is 109 Å². The monoisotopic (exact) mass is 1670 g/mol. The maximum Gasteiger partial charge on any atom is 0.254 e. The van der Waals surface area contributed by atoms with Crippen molar-refractivity contribution in [1.82, 2.24) is 59.3 Å². The first kappa shape index (κ1) is 85.8. The van der Waals surface area contributed by atoms with E-state index in [1.807, 2.05) is 71.9 Å². The summed E-state index contributed by atoms with van der Waals surface area (Å²) in [6.07, 6.45) is 12.2. The van der Waals surface area contributed by atoms with Crippen molar-refractivity contribution in [2.75, 3.05) is 188 Å². The lowest BCUT2D eigenvalue weighted by Gasteiger charge is -2.37. The zero-order valence-electron chi connectivity index (χ0n) is 66.0. The molecule has 9 fully saturated rings. The smallest absolute Gasteiger partial charge is 0.254 e. The first-order valence-electron chi connectivity index (χ1n) is 40.0. The first-order valence-corrected chi connectivity index (χ1v) is 40.0. The van der Waals surface area contributed by atoms with Crippen molar-refractivity contribution in [2.45, 2.75) is 95.5 Å². The molecule has 3 unspecified atom stereocenters. The lowest BCUT2D eigenvalue weighted by molar-refractivity contribution is 0.0566. The van der Waals surface area contributed by atoms with Crippen LogP contribution in [0.2, 0.25) is 0 Å². The predicted molar refractivity (Wildman–Crippen MR) is 456 cm³/mol. The summed E-state index contributed by atoms with van der Waals surface area (Å²) in [6.45, 7) is 24.2. The van der Waals surface area contributed by atoms with Crippen molar-refractivity contribution in [3.63, 3.8) is 0 Å². The molecule has 6 aromatic carbocycles. The van der Waals surface area contributed by atoms with Gasteiger partial charge in [-0.2, -0.15) is 40.5 Å². The Morgan fingerprint density at radius 1 is 0.359 bits per heavy atom. The molecule has 9 aromatic rings. The van der Waals surface area contributed by atoms with Crippen molar-refractivity contribution >= 4 is 126 Å². The number of hydrogen-bond acceptors (Lipinski definition) is 21. The zero-order valence-corrected chi connectivity index (χ0v) is 69.0. The molecule has 0 spiro atoms. The van der Waals surface area contributed by atoms with E-state index < -0.39 is 34.9 Å². The molecule has 3 aromatic heterocycles. The van der Waals surface area contributed by atoms with Gasteiger partial charge in [-0.1, -0.05) is 0 Å². The summed E-state index contributed by atoms with van der Waals surface area (Å²) in [5.74, 6) is -3.25. The third kappa shape index (κ3) is 19.5. The second-order valence-corrected chi connectivity index (χ2v) is 31.0. The van der Waals surface area contributed by atoms with Gasteiger partial charge in [0.15, 0.2) is 34.9 Å². The van der Waals surface area contributed by atoms with Crippen LogP contribution in [0.5, 0.6) is 0 Å². The summed E-state index contributed by atoms with van der Waals surface area (Å²) in [5.41, 5.74) is 9.24. The number of nitrogens with one attached hydrogen (secondary N) is 3. The summed E-state index contributed by atoms with van der Waals surface area (Å²) in [5, 5.41) is 9.76. The maximum atomic E-state index is 13.9. The number of nitrogens with zero attached hydrogens (tertiary/aromatic N) is 15. The Morgan fingerprint density at radius 2 is 0.632 bits per heavy atom. The molecule has 18 rings (SSSR count). The van der Waals surface area contributed by atoms with Crippen LogP contribution < -0.4 is 30.7 Å². The zero-order chi connectivity index (χ0) is 78.7. The van der Waals surface area contributed by atoms with E-state index in [1.165, 1.54) is 37.5 Å². The van der Waals surface area contributed by atoms with Crippen LogP contribution in [0.15, 0.2) is 110 Å². The summed E-state index contributed by atoms with van der Waals surface area (Å²) in [7, 11) is 0. The average molecular weight is 1670 g/mol. The van der Waals surface area contributed by atoms with Crippen molar-refractivity contribution in [3.8, 4) is 0 Å². The van der Waals surface area contributed by atoms with Gasteiger partial charge in [0.2, 0.25) is 0 Å². The van der Waals surface area contributed by atoms with Gasteiger partial charge in [-0.25, -0.2) is 41.3 Å². The maximum absolute atomic E-state index is 13.9. The number of fused-ring (bicyclic) bond motifs is 6. The Morgan fingerprint density at radius 3 is 0.897 bits per heavy atom. The van der Waals surface area contributed by atoms with Gasteiger partial charge in [0, 0.05) is 185 Å². The number of benzene rings is 6. The number of anilines is 6. The van der Waals surface area contributed by atoms with Gasteiger partial charge in [0.25, 0.3) is 17.7 Å². The minimum atomic E-state index is -0.920. The molecule has 3 N–H and O–H groups in total. The molecule has 6 atom stereocenters. The topological polar surface area (TPSA) is 221 Å². The fraction of sp³-hybridized carbons (Fsp3) is 0.464. The second kappa shape index (κ2) is 38.3. The number of amides is 3. The minimum Gasteiger partial charge on any atom is -0.378 e. The first-order chi connectivity index (χ1) is 55.4. The molecule has 624 valence electrons. The number of halogens is 6. The van der Waals surface area contributed by atoms with E-state index in [0.29, 0.717) is 144 Å². The van der Waals surface area contributed by atoms with Gasteiger partial charge in [0.1, 0.15) is 17.5 Å². The van der Waals surface area contributed by atoms with Crippen molar-refractivity contribution in [2.24, 2.45) is 0 Å². The molecule has 9 aliphatic heterocycles. The molecule has 9 aliphatic rings. The SMILES string of the molecule is CC(Nc1ccc(F)c(F)c1)c1cc(C(=O)N2CCN3CCC[C@H]3C2)cc2ncc(N3CCOCC3)nc12.CC(Nc1ccc(F)c(F)c1)c1cc(C(=O)N2CCN3CCC[C@H]3C2)cc2ncc(N3CCOCC3)nc12.CC(Nc1ccc(F)c(F)c1)c1cc(C(=O)N2CCN3CCC[C@H]3C2)cc2ncc(N3CCOCC3)nc12.S.S.S. The number of hydrogen-bond donors (Lipinski definition) is 3. The fourth-order valence-corrected chi connectivity index (χ4v) is 17.4. The Kier molecular flexibility index (Phi) is 28.1. The molecule has 117 heavy (non-hydrogen) atoms. The van der Waals surface area contributed by atoms with Gasteiger partial charge in [-0.05, 0) is 152 Å². The molecule has 0 radical (unpaired) electrons. The Labute approximate surface area is 697 Å². The Hall–Kier alpha value is -9.06. The molecular weight excluding hydrogens is 1570 g/mol. The fourth-order valence-electron chi connectivity index (χ4n) is 17.4. The highest BCUT2D eigenvalue weighted by Gasteiger charge is 2.37. The van der Waals surface area contributed by atoms with Crippen LogP contribution in [0, 0.1) is 34.9 Å². The van der Waals surface area contributed by atoms with Crippen LogP contribution >= 0.6 is 40.5 Å². The van der Waals surface area contributed by atoms with Gasteiger partial charge in [-0.15, -0.1) is 0 Å². The number of aromatic nitrogens is 6. The van der Waals surface area contributed by atoms with Gasteiger partial charge >= 0.3 is 0 Å². The predicted octanol–water partition coefficient (Wildman–Crippen LogP) is 11.9. The van der Waals surface area contributed by atoms with Crippen LogP contribution in [0.3, 0.4) is 0 Å². The molecule has 3 amide bonds. The lowest BCUT2D eigenvalue weighted by Crippen LogP contribution is -2.52. The molecule has 24 nitrogen and oxygen atoms in total. The number of carbonyl (C=O) groups is 3. The van der Waals surface area contributed by atoms with Crippen LogP contribution in [0.1, 0.15) is 125 Å². The number of morpholine rings is 3. The second-order valence-electron chi connectivity index (χ2n) is 31.0. The standard InChI is InChI=1S/3C28H32F2N6O2.3H2S/c3*1-18(32-20-4-5-23(29)24(30)15-20)22-13-19(28(37)36-8-7-34-6-2-3-21(34)17-36)14-25-27(22)33-26(16-31-25)35-9-11-38-12-10-35;;;/h3*4-5,13-16,18,21,32H,2-3,6-12,17H2,1H3;3*1H2/t3*18?,21-;;;/m000.../s1. The van der Waals surface area contributed by atoms with Crippen LogP contribution in [-0.4, -0.2) is 253 Å². The summed E-state index contributed by atoms with van der Waals surface area (Å²) in [6, 6.07) is 22.5. The van der Waals surface area contributed by atoms with E-state index in [2.05, 4.69) is 45.3 Å². The third-order valence-electron chi connectivity index (χ3n) is 23.7. The number of ether oxygens (including phenoxy) is 3. The molecule has 33 heteroatoms. The van der Waals surface area contributed by atoms with Crippen molar-refractivity contribution in [3.05, 3.63) is 178 Å². The summed E-state index contributed by atoms with van der Waals surface area (Å²) >= 11 is 0. The molecule has 0 bridgehead atoms. The highest BCUT2D eigenvalue weighted by atomic mass is 32.1. The minimum absolute atomic E-state index is 0. The largest absolute Gasteiger partial charge is 0.378 e. The Bertz CT molecular complexity index is 4550. The lowest BCUT2D eigenvalue weighted by atomic mass is 10.0. The van der Waals surface area contributed by atoms with E-state index in [-0.39, 0.29) is 76.3 Å². The summed E-state index contributed by atoms with van der Waals surface area (Å²) < 4.78 is 98.7. The van der Waals surface area contributed by atoms with Crippen LogP contribution in [-0.2, 0) is 14.2 Å². The Balaban J connectivity index is 0.000000150. The van der Waals surface area contributed by atoms with E-state index in [1.54, 1.807) is 18.6 Å². The van der Waals surface area contributed by atoms with Crippen molar-refractivity contribution in [1.29, 1.82) is 0 Å². The normalized spacial score (nSPS) is 20.4. The van der Waals surface area contributed by atoms with Crippen molar-refractivity contribution < 1.29 is 54.9 Å². The molecular formula is C84H102F6N18O6S3.